The summed E-state index contributed by atoms with van der Waals surface area (Å²) in [6.45, 7) is 3.07. The number of hydrogen-bond acceptors (Lipinski definition) is 6. The summed E-state index contributed by atoms with van der Waals surface area (Å²) in [7, 11) is 3.11. The first-order chi connectivity index (χ1) is 12.9. The summed E-state index contributed by atoms with van der Waals surface area (Å²) in [6, 6.07) is 11.9. The van der Waals surface area contributed by atoms with Crippen molar-refractivity contribution in [1.82, 2.24) is 0 Å². The lowest BCUT2D eigenvalue weighted by atomic mass is 10.1. The van der Waals surface area contributed by atoms with Gasteiger partial charge in [-0.3, -0.25) is 9.59 Å². The second-order valence-electron chi connectivity index (χ2n) is 5.71. The zero-order valence-electron chi connectivity index (χ0n) is 15.7. The van der Waals surface area contributed by atoms with E-state index >= 15 is 0 Å². The number of oxime groups is 1. The molecular formula is C20H22N2O5. The zero-order valence-corrected chi connectivity index (χ0v) is 15.7. The van der Waals surface area contributed by atoms with Gasteiger partial charge in [0.05, 0.1) is 20.4 Å². The van der Waals surface area contributed by atoms with Crippen LogP contribution in [0.1, 0.15) is 29.8 Å². The lowest BCUT2D eigenvalue weighted by Crippen LogP contribution is -2.26. The van der Waals surface area contributed by atoms with Crippen LogP contribution in [0.15, 0.2) is 47.6 Å². The van der Waals surface area contributed by atoms with Crippen LogP contribution >= 0.6 is 0 Å². The van der Waals surface area contributed by atoms with Gasteiger partial charge in [-0.15, -0.1) is 0 Å². The normalized spacial score (nSPS) is 11.7. The Balaban J connectivity index is 1.96. The maximum atomic E-state index is 12.2. The number of nitrogens with zero attached hydrogens (tertiary/aromatic N) is 1. The number of ketones is 1. The fourth-order valence-corrected chi connectivity index (χ4v) is 2.20. The molecule has 2 aromatic carbocycles. The Morgan fingerprint density at radius 2 is 1.78 bits per heavy atom. The van der Waals surface area contributed by atoms with Crippen LogP contribution in [0.4, 0.5) is 5.69 Å². The second-order valence-corrected chi connectivity index (χ2v) is 5.71. The Morgan fingerprint density at radius 1 is 1.07 bits per heavy atom. The van der Waals surface area contributed by atoms with Gasteiger partial charge in [0.1, 0.15) is 11.5 Å². The number of ether oxygens (including phenoxy) is 2. The first-order valence-electron chi connectivity index (χ1n) is 8.27. The van der Waals surface area contributed by atoms with Crippen LogP contribution < -0.4 is 14.8 Å². The van der Waals surface area contributed by atoms with Gasteiger partial charge in [-0.1, -0.05) is 5.16 Å². The molecule has 2 rings (SSSR count). The highest BCUT2D eigenvalue weighted by Gasteiger charge is 2.14. The number of benzene rings is 2. The minimum Gasteiger partial charge on any atom is -0.497 e. The summed E-state index contributed by atoms with van der Waals surface area (Å²) in [5.41, 5.74) is 1.80. The van der Waals surface area contributed by atoms with Gasteiger partial charge in [0.15, 0.2) is 5.78 Å². The van der Waals surface area contributed by atoms with E-state index in [2.05, 4.69) is 10.5 Å². The molecule has 0 saturated heterocycles. The third-order valence-electron chi connectivity index (χ3n) is 3.78. The molecule has 0 saturated carbocycles. The quantitative estimate of drug-likeness (QED) is 0.438. The van der Waals surface area contributed by atoms with E-state index in [1.807, 2.05) is 0 Å². The number of carbonyl (C=O) groups excluding carboxylic acids is 2. The Kier molecular flexibility index (Phi) is 6.93. The van der Waals surface area contributed by atoms with E-state index in [4.69, 9.17) is 14.3 Å². The largest absolute Gasteiger partial charge is 0.497 e. The van der Waals surface area contributed by atoms with Crippen LogP contribution in [0.3, 0.4) is 0 Å². The predicted molar refractivity (Wildman–Crippen MR) is 103 cm³/mol. The minimum atomic E-state index is -0.815. The zero-order chi connectivity index (χ0) is 19.8. The molecule has 7 nitrogen and oxygen atoms in total. The topological polar surface area (TPSA) is 86.2 Å². The molecule has 0 radical (unpaired) electrons. The molecule has 0 spiro atoms. The second kappa shape index (κ2) is 9.38. The Morgan fingerprint density at radius 3 is 2.37 bits per heavy atom. The van der Waals surface area contributed by atoms with Gasteiger partial charge in [-0.2, -0.15) is 0 Å². The van der Waals surface area contributed by atoms with E-state index in [0.29, 0.717) is 28.3 Å². The van der Waals surface area contributed by atoms with Crippen molar-refractivity contribution < 1.29 is 23.9 Å². The van der Waals surface area contributed by atoms with Crippen LogP contribution in [0.25, 0.3) is 0 Å². The average Bonchev–Trinajstić information content (AvgIpc) is 2.68. The molecule has 1 unspecified atom stereocenters. The highest BCUT2D eigenvalue weighted by atomic mass is 16.6. The molecule has 0 fully saturated rings. The van der Waals surface area contributed by atoms with Crippen molar-refractivity contribution >= 4 is 23.6 Å². The fourth-order valence-electron chi connectivity index (χ4n) is 2.20. The number of amides is 1. The summed E-state index contributed by atoms with van der Waals surface area (Å²) in [6.07, 6.45) is 0.637. The fraction of sp³-hybridized carbons (Fsp3) is 0.250. The maximum Gasteiger partial charge on any atom is 0.267 e. The molecule has 1 amide bonds. The Hall–Kier alpha value is -3.35. The minimum absolute atomic E-state index is 0.0353. The maximum absolute atomic E-state index is 12.2. The van der Waals surface area contributed by atoms with Crippen LogP contribution in [-0.4, -0.2) is 38.2 Å². The van der Waals surface area contributed by atoms with E-state index in [0.717, 1.165) is 0 Å². The Labute approximate surface area is 157 Å². The van der Waals surface area contributed by atoms with Crippen LogP contribution in [0.2, 0.25) is 0 Å². The van der Waals surface area contributed by atoms with E-state index in [9.17, 15) is 9.59 Å². The third kappa shape index (κ3) is 5.57. The van der Waals surface area contributed by atoms with Crippen molar-refractivity contribution in [2.24, 2.45) is 5.16 Å². The number of nitrogens with one attached hydrogen (secondary N) is 1. The van der Waals surface area contributed by atoms with Gasteiger partial charge >= 0.3 is 0 Å². The molecule has 1 N–H and O–H groups in total. The lowest BCUT2D eigenvalue weighted by molar-refractivity contribution is -0.126. The summed E-state index contributed by atoms with van der Waals surface area (Å²) in [5.74, 6) is 0.857. The van der Waals surface area contributed by atoms with E-state index in [1.165, 1.54) is 13.1 Å². The highest BCUT2D eigenvalue weighted by Crippen LogP contribution is 2.22. The molecule has 7 heteroatoms. The number of rotatable bonds is 8. The first-order valence-corrected chi connectivity index (χ1v) is 8.27. The van der Waals surface area contributed by atoms with E-state index in [1.54, 1.807) is 63.6 Å². The molecule has 2 aromatic rings. The summed E-state index contributed by atoms with van der Waals surface area (Å²) < 4.78 is 10.4. The summed E-state index contributed by atoms with van der Waals surface area (Å²) in [5, 5.41) is 6.56. The third-order valence-corrected chi connectivity index (χ3v) is 3.78. The molecule has 1 atom stereocenters. The van der Waals surface area contributed by atoms with Crippen molar-refractivity contribution in [3.63, 3.8) is 0 Å². The van der Waals surface area contributed by atoms with Crippen molar-refractivity contribution in [3.05, 3.63) is 53.6 Å². The van der Waals surface area contributed by atoms with Crippen LogP contribution in [0, 0.1) is 0 Å². The molecule has 0 bridgehead atoms. The molecule has 0 aromatic heterocycles. The Bertz CT molecular complexity index is 831. The predicted octanol–water partition coefficient (Wildman–Crippen LogP) is 3.28. The SMILES string of the molecule is COc1ccc(OC)c(/C=N/OC(C)C(=O)Nc2ccc(C(C)=O)cc2)c1. The van der Waals surface area contributed by atoms with E-state index < -0.39 is 6.10 Å². The standard InChI is InChI=1S/C20H22N2O5/c1-13(23)15-5-7-17(8-6-15)22-20(24)14(2)27-21-12-16-11-18(25-3)9-10-19(16)26-4/h5-12,14H,1-4H3,(H,22,24)/b21-12+. The first kappa shape index (κ1) is 20.0. The number of anilines is 1. The number of hydrogen-bond donors (Lipinski definition) is 1. The molecule has 0 aliphatic heterocycles. The molecular weight excluding hydrogens is 348 g/mol. The van der Waals surface area contributed by atoms with Gasteiger partial charge in [-0.25, -0.2) is 0 Å². The summed E-state index contributed by atoms with van der Waals surface area (Å²) >= 11 is 0. The summed E-state index contributed by atoms with van der Waals surface area (Å²) in [4.78, 5) is 28.7. The van der Waals surface area contributed by atoms with Crippen LogP contribution in [0.5, 0.6) is 11.5 Å². The number of methoxy groups -OCH3 is 2. The molecule has 0 aliphatic rings. The van der Waals surface area contributed by atoms with Crippen molar-refractivity contribution in [2.75, 3.05) is 19.5 Å². The molecule has 142 valence electrons. The highest BCUT2D eigenvalue weighted by molar-refractivity contribution is 5.96. The lowest BCUT2D eigenvalue weighted by Gasteiger charge is -2.11. The molecule has 0 aliphatic carbocycles. The van der Waals surface area contributed by atoms with Crippen molar-refractivity contribution in [2.45, 2.75) is 20.0 Å². The van der Waals surface area contributed by atoms with Gasteiger partial charge in [0, 0.05) is 16.8 Å². The molecule has 27 heavy (non-hydrogen) atoms. The smallest absolute Gasteiger partial charge is 0.267 e. The van der Waals surface area contributed by atoms with Gasteiger partial charge < -0.3 is 19.6 Å². The van der Waals surface area contributed by atoms with E-state index in [-0.39, 0.29) is 11.7 Å². The average molecular weight is 370 g/mol. The number of carbonyl (C=O) groups is 2. The number of Topliss-reactive ketones (excluding diaryl/α,β-unsaturated/α-hetero) is 1. The monoisotopic (exact) mass is 370 g/mol. The van der Waals surface area contributed by atoms with Crippen molar-refractivity contribution in [1.29, 1.82) is 0 Å². The van der Waals surface area contributed by atoms with Gasteiger partial charge in [0.25, 0.3) is 5.91 Å². The van der Waals surface area contributed by atoms with Gasteiger partial charge in [0.2, 0.25) is 6.10 Å². The molecule has 0 heterocycles. The van der Waals surface area contributed by atoms with Crippen LogP contribution in [-0.2, 0) is 9.63 Å². The van der Waals surface area contributed by atoms with Gasteiger partial charge in [-0.05, 0) is 56.3 Å². The van der Waals surface area contributed by atoms with Crippen molar-refractivity contribution in [3.8, 4) is 11.5 Å².